The van der Waals surface area contributed by atoms with E-state index >= 15 is 17.6 Å². The third kappa shape index (κ3) is 8.55. The van der Waals surface area contributed by atoms with Crippen LogP contribution in [0.2, 0.25) is 16.6 Å². The van der Waals surface area contributed by atoms with Gasteiger partial charge in [-0.1, -0.05) is 53.5 Å². The number of nitrogens with one attached hydrogen (secondary N) is 1. The number of hydrogen-bond donors (Lipinski definition) is 1. The number of anilines is 1. The number of amides is 1. The summed E-state index contributed by atoms with van der Waals surface area (Å²) in [6.45, 7) is 20.3. The molecule has 1 N–H and O–H groups in total. The molecule has 1 atom stereocenters. The van der Waals surface area contributed by atoms with Crippen LogP contribution in [0.4, 0.5) is 28.2 Å². The highest BCUT2D eigenvalue weighted by atomic mass is 28.3. The fraction of sp³-hybridized carbons (Fsp3) is 0.500. The van der Waals surface area contributed by atoms with Crippen molar-refractivity contribution in [2.24, 2.45) is 0 Å². The first kappa shape index (κ1) is 41.7. The second-order valence-electron chi connectivity index (χ2n) is 16.7. The summed E-state index contributed by atoms with van der Waals surface area (Å²) in [5.41, 5.74) is 1.69. The molecule has 1 saturated heterocycles. The van der Waals surface area contributed by atoms with Gasteiger partial charge in [-0.2, -0.15) is 14.4 Å². The smallest absolute Gasteiger partial charge is 0.408 e. The van der Waals surface area contributed by atoms with Crippen molar-refractivity contribution in [2.75, 3.05) is 31.9 Å². The normalized spacial score (nSPS) is 16.6. The molecule has 1 amide bonds. The van der Waals surface area contributed by atoms with E-state index in [2.05, 4.69) is 68.3 Å². The number of halogens is 4. The molecule has 1 aliphatic heterocycles. The van der Waals surface area contributed by atoms with Gasteiger partial charge in [0.05, 0.1) is 16.7 Å². The molecule has 55 heavy (non-hydrogen) atoms. The number of alkyl carbamates (subject to hydrolysis) is 1. The average Bonchev–Trinajstić information content (AvgIpc) is 3.07. The SMILES string of the molecule is COCOc1cc(-c2c(F)cc3c(N4CCCC(C)(NC(=O)OC(C)(C)C)C4)nc(F)nc3c2F)c2c(C#C[Si](C(C)C)(C(C)C)C(C)C)c(F)ccc2c1. The van der Waals surface area contributed by atoms with E-state index in [1.165, 1.54) is 25.3 Å². The largest absolute Gasteiger partial charge is 0.468 e. The molecular formula is C42H52F4N4O4Si. The lowest BCUT2D eigenvalue weighted by Gasteiger charge is -2.41. The Bertz CT molecular complexity index is 2140. The molecule has 4 aromatic rings. The van der Waals surface area contributed by atoms with Gasteiger partial charge in [-0.05, 0) is 86.8 Å². The van der Waals surface area contributed by atoms with E-state index in [9.17, 15) is 4.79 Å². The van der Waals surface area contributed by atoms with Crippen LogP contribution in [0.5, 0.6) is 5.75 Å². The van der Waals surface area contributed by atoms with Crippen molar-refractivity contribution in [1.82, 2.24) is 15.3 Å². The molecule has 5 rings (SSSR count). The number of piperidine rings is 1. The molecule has 0 bridgehead atoms. The summed E-state index contributed by atoms with van der Waals surface area (Å²) in [5.74, 6) is 0.560. The van der Waals surface area contributed by atoms with Gasteiger partial charge in [0.1, 0.15) is 42.4 Å². The van der Waals surface area contributed by atoms with Crippen molar-refractivity contribution >= 4 is 41.7 Å². The summed E-state index contributed by atoms with van der Waals surface area (Å²) in [7, 11) is -0.937. The average molecular weight is 781 g/mol. The highest BCUT2D eigenvalue weighted by molar-refractivity contribution is 6.90. The maximum absolute atomic E-state index is 17.1. The monoisotopic (exact) mass is 780 g/mol. The van der Waals surface area contributed by atoms with E-state index in [1.807, 2.05) is 6.92 Å². The molecule has 0 radical (unpaired) electrons. The van der Waals surface area contributed by atoms with E-state index in [1.54, 1.807) is 31.7 Å². The Labute approximate surface area is 322 Å². The molecule has 0 saturated carbocycles. The molecular weight excluding hydrogens is 729 g/mol. The molecule has 2 heterocycles. The Hall–Kier alpha value is -4.41. The highest BCUT2D eigenvalue weighted by Gasteiger charge is 2.42. The van der Waals surface area contributed by atoms with Crippen LogP contribution in [0.25, 0.3) is 32.8 Å². The van der Waals surface area contributed by atoms with E-state index in [0.29, 0.717) is 24.8 Å². The van der Waals surface area contributed by atoms with Gasteiger partial charge >= 0.3 is 12.2 Å². The van der Waals surface area contributed by atoms with Crippen molar-refractivity contribution in [3.8, 4) is 28.3 Å². The second kappa shape index (κ2) is 16.0. The minimum atomic E-state index is -2.37. The number of ether oxygens (including phenoxy) is 3. The predicted octanol–water partition coefficient (Wildman–Crippen LogP) is 10.4. The number of aromatic nitrogens is 2. The first-order valence-electron chi connectivity index (χ1n) is 18.7. The van der Waals surface area contributed by atoms with Crippen LogP contribution < -0.4 is 15.0 Å². The van der Waals surface area contributed by atoms with Crippen LogP contribution in [0.3, 0.4) is 0 Å². The fourth-order valence-corrected chi connectivity index (χ4v) is 13.5. The van der Waals surface area contributed by atoms with Gasteiger partial charge in [0, 0.05) is 36.5 Å². The van der Waals surface area contributed by atoms with Gasteiger partial charge in [-0.25, -0.2) is 18.0 Å². The lowest BCUT2D eigenvalue weighted by molar-refractivity contribution is 0.0453. The van der Waals surface area contributed by atoms with E-state index in [0.717, 1.165) is 6.07 Å². The predicted molar refractivity (Wildman–Crippen MR) is 212 cm³/mol. The maximum Gasteiger partial charge on any atom is 0.408 e. The van der Waals surface area contributed by atoms with Gasteiger partial charge in [0.15, 0.2) is 12.6 Å². The molecule has 8 nitrogen and oxygen atoms in total. The van der Waals surface area contributed by atoms with E-state index < -0.39 is 59.9 Å². The zero-order chi connectivity index (χ0) is 40.6. The summed E-state index contributed by atoms with van der Waals surface area (Å²) in [4.78, 5) is 22.2. The lowest BCUT2D eigenvalue weighted by Crippen LogP contribution is -2.57. The van der Waals surface area contributed by atoms with Gasteiger partial charge in [-0.15, -0.1) is 5.54 Å². The van der Waals surface area contributed by atoms with Crippen LogP contribution >= 0.6 is 0 Å². The van der Waals surface area contributed by atoms with Gasteiger partial charge in [0.2, 0.25) is 0 Å². The number of carbonyl (C=O) groups is 1. The molecule has 1 fully saturated rings. The summed E-state index contributed by atoms with van der Waals surface area (Å²) in [5, 5.41) is 3.45. The summed E-state index contributed by atoms with van der Waals surface area (Å²) >= 11 is 0. The van der Waals surface area contributed by atoms with Crippen molar-refractivity contribution in [1.29, 1.82) is 0 Å². The van der Waals surface area contributed by atoms with E-state index in [-0.39, 0.29) is 63.4 Å². The molecule has 296 valence electrons. The van der Waals surface area contributed by atoms with Crippen molar-refractivity contribution in [3.63, 3.8) is 0 Å². The zero-order valence-electron chi connectivity index (χ0n) is 33.6. The zero-order valence-corrected chi connectivity index (χ0v) is 34.6. The van der Waals surface area contributed by atoms with Crippen molar-refractivity contribution in [3.05, 3.63) is 59.4 Å². The van der Waals surface area contributed by atoms with Gasteiger partial charge in [-0.3, -0.25) is 0 Å². The molecule has 1 aromatic heterocycles. The lowest BCUT2D eigenvalue weighted by atomic mass is 9.90. The topological polar surface area (TPSA) is 85.8 Å². The molecule has 1 unspecified atom stereocenters. The number of carbonyl (C=O) groups excluding carboxylic acids is 1. The molecule has 3 aromatic carbocycles. The third-order valence-electron chi connectivity index (χ3n) is 10.6. The number of nitrogens with zero attached hydrogens (tertiary/aromatic N) is 3. The van der Waals surface area contributed by atoms with Crippen LogP contribution in [-0.2, 0) is 9.47 Å². The Balaban J connectivity index is 1.74. The van der Waals surface area contributed by atoms with E-state index in [4.69, 9.17) is 14.2 Å². The molecule has 0 spiro atoms. The molecule has 1 aliphatic rings. The second-order valence-corrected chi connectivity index (χ2v) is 22.2. The van der Waals surface area contributed by atoms with Crippen LogP contribution in [0, 0.1) is 35.0 Å². The Morgan fingerprint density at radius 2 is 1.67 bits per heavy atom. The minimum Gasteiger partial charge on any atom is -0.468 e. The summed E-state index contributed by atoms with van der Waals surface area (Å²) in [6.07, 6.45) is -0.699. The Morgan fingerprint density at radius 1 is 1.00 bits per heavy atom. The standard InChI is InChI=1S/C42H52F4N4O4Si/c1-24(2)55(25(3)4,26(5)6)18-15-29-32(43)14-13-27-19-28(53-23-52-11)20-30(34(27)29)35-33(44)21-31-37(36(35)45)47-39(46)48-38(31)50-17-12-16-42(10,22-50)49-40(51)54-41(7,8)9/h13-14,19-21,24-26H,12,16-17,22-23H2,1-11H3,(H,49,51). The Morgan fingerprint density at radius 3 is 2.29 bits per heavy atom. The maximum atomic E-state index is 17.1. The fourth-order valence-electron chi connectivity index (χ4n) is 8.26. The number of hydrogen-bond acceptors (Lipinski definition) is 7. The van der Waals surface area contributed by atoms with Crippen molar-refractivity contribution < 1.29 is 36.6 Å². The first-order valence-corrected chi connectivity index (χ1v) is 21.0. The summed E-state index contributed by atoms with van der Waals surface area (Å²) in [6, 6.07) is 6.91. The quantitative estimate of drug-likeness (QED) is 0.0595. The number of fused-ring (bicyclic) bond motifs is 2. The van der Waals surface area contributed by atoms with Gasteiger partial charge in [0.25, 0.3) is 0 Å². The number of benzene rings is 3. The highest BCUT2D eigenvalue weighted by Crippen LogP contribution is 2.44. The third-order valence-corrected chi connectivity index (χ3v) is 16.8. The van der Waals surface area contributed by atoms with Crippen LogP contribution in [0.1, 0.15) is 87.6 Å². The van der Waals surface area contributed by atoms with Gasteiger partial charge < -0.3 is 24.4 Å². The molecule has 0 aliphatic carbocycles. The van der Waals surface area contributed by atoms with Crippen LogP contribution in [0.15, 0.2) is 30.3 Å². The van der Waals surface area contributed by atoms with Crippen molar-refractivity contribution in [2.45, 2.75) is 110 Å². The first-order chi connectivity index (χ1) is 25.7. The molecule has 13 heteroatoms. The minimum absolute atomic E-state index is 0.00293. The number of methoxy groups -OCH3 is 1. The number of rotatable bonds is 9. The summed E-state index contributed by atoms with van der Waals surface area (Å²) < 4.78 is 81.5. The Kier molecular flexibility index (Phi) is 12.1. The van der Waals surface area contributed by atoms with Crippen LogP contribution in [-0.4, -0.2) is 62.3 Å².